The summed E-state index contributed by atoms with van der Waals surface area (Å²) in [6, 6.07) is 10.9. The van der Waals surface area contributed by atoms with E-state index in [1.165, 1.54) is 18.2 Å². The van der Waals surface area contributed by atoms with Gasteiger partial charge in [-0.3, -0.25) is 19.7 Å². The van der Waals surface area contributed by atoms with Gasteiger partial charge in [-0.15, -0.1) is 0 Å². The van der Waals surface area contributed by atoms with Crippen LogP contribution in [0.4, 0.5) is 5.69 Å². The van der Waals surface area contributed by atoms with Crippen LogP contribution in [-0.4, -0.2) is 23.3 Å². The number of ether oxygens (including phenoxy) is 1. The third kappa shape index (κ3) is 5.39. The molecule has 25 heavy (non-hydrogen) atoms. The standard InChI is InChI=1S/C17H15BrN2O5/c1-11-10-14(6-7-15(11)20(23)24)25-16(21)8-9-19-17(22)12-2-4-13(18)5-3-12/h2-7,10H,8-9H2,1H3,(H,19,22). The number of nitro groups is 1. The molecule has 0 aliphatic heterocycles. The van der Waals surface area contributed by atoms with Crippen molar-refractivity contribution in [2.75, 3.05) is 6.54 Å². The van der Waals surface area contributed by atoms with Gasteiger partial charge in [-0.1, -0.05) is 15.9 Å². The normalized spacial score (nSPS) is 10.2. The number of carbonyl (C=O) groups is 2. The van der Waals surface area contributed by atoms with E-state index in [-0.39, 0.29) is 30.3 Å². The highest BCUT2D eigenvalue weighted by Crippen LogP contribution is 2.23. The van der Waals surface area contributed by atoms with Crippen molar-refractivity contribution in [2.45, 2.75) is 13.3 Å². The van der Waals surface area contributed by atoms with Crippen molar-refractivity contribution in [3.05, 3.63) is 68.2 Å². The van der Waals surface area contributed by atoms with Crippen LogP contribution in [0.15, 0.2) is 46.9 Å². The van der Waals surface area contributed by atoms with Crippen LogP contribution < -0.4 is 10.1 Å². The minimum Gasteiger partial charge on any atom is -0.426 e. The molecule has 0 spiro atoms. The van der Waals surface area contributed by atoms with Gasteiger partial charge in [-0.2, -0.15) is 0 Å². The topological polar surface area (TPSA) is 98.5 Å². The van der Waals surface area contributed by atoms with Crippen LogP contribution in [0, 0.1) is 17.0 Å². The third-order valence-corrected chi connectivity index (χ3v) is 3.85. The molecule has 8 heteroatoms. The third-order valence-electron chi connectivity index (χ3n) is 3.32. The van der Waals surface area contributed by atoms with Gasteiger partial charge >= 0.3 is 5.97 Å². The van der Waals surface area contributed by atoms with Gasteiger partial charge in [0, 0.05) is 28.2 Å². The van der Waals surface area contributed by atoms with E-state index in [0.717, 1.165) is 4.47 Å². The number of nitrogens with zero attached hydrogens (tertiary/aromatic N) is 1. The molecule has 1 amide bonds. The van der Waals surface area contributed by atoms with Gasteiger partial charge in [0.25, 0.3) is 11.6 Å². The second-order valence-corrected chi connectivity index (χ2v) is 6.11. The average Bonchev–Trinajstić information content (AvgIpc) is 2.55. The van der Waals surface area contributed by atoms with Crippen LogP contribution in [0.5, 0.6) is 5.75 Å². The van der Waals surface area contributed by atoms with Crippen molar-refractivity contribution in [3.63, 3.8) is 0 Å². The van der Waals surface area contributed by atoms with Crippen LogP contribution in [0.1, 0.15) is 22.3 Å². The molecule has 2 aromatic carbocycles. The molecule has 130 valence electrons. The molecule has 0 aliphatic rings. The number of aryl methyl sites for hydroxylation is 1. The maximum Gasteiger partial charge on any atom is 0.312 e. The Kier molecular flexibility index (Phi) is 6.24. The Hall–Kier alpha value is -2.74. The lowest BCUT2D eigenvalue weighted by Gasteiger charge is -2.07. The Morgan fingerprint density at radius 3 is 2.48 bits per heavy atom. The molecule has 0 heterocycles. The van der Waals surface area contributed by atoms with E-state index >= 15 is 0 Å². The number of nitro benzene ring substituents is 1. The number of esters is 1. The van der Waals surface area contributed by atoms with E-state index in [0.29, 0.717) is 11.1 Å². The number of halogens is 1. The fourth-order valence-electron chi connectivity index (χ4n) is 2.06. The van der Waals surface area contributed by atoms with E-state index in [9.17, 15) is 19.7 Å². The molecule has 7 nitrogen and oxygen atoms in total. The quantitative estimate of drug-likeness (QED) is 0.343. The van der Waals surface area contributed by atoms with Gasteiger partial charge in [0.15, 0.2) is 0 Å². The minimum atomic E-state index is -0.538. The van der Waals surface area contributed by atoms with Crippen LogP contribution in [0.2, 0.25) is 0 Å². The Morgan fingerprint density at radius 2 is 1.88 bits per heavy atom. The van der Waals surface area contributed by atoms with Crippen LogP contribution >= 0.6 is 15.9 Å². The first-order valence-corrected chi connectivity index (χ1v) is 8.15. The lowest BCUT2D eigenvalue weighted by Crippen LogP contribution is -2.27. The second kappa shape index (κ2) is 8.39. The summed E-state index contributed by atoms with van der Waals surface area (Å²) in [6.45, 7) is 1.69. The number of amides is 1. The zero-order valence-corrected chi connectivity index (χ0v) is 14.9. The Balaban J connectivity index is 1.82. The number of hydrogen-bond acceptors (Lipinski definition) is 5. The predicted molar refractivity (Wildman–Crippen MR) is 94.6 cm³/mol. The van der Waals surface area contributed by atoms with Gasteiger partial charge in [-0.25, -0.2) is 0 Å². The molecule has 2 aromatic rings. The minimum absolute atomic E-state index is 0.0156. The molecular weight excluding hydrogens is 392 g/mol. The van der Waals surface area contributed by atoms with Crippen LogP contribution in [-0.2, 0) is 4.79 Å². The van der Waals surface area contributed by atoms with Gasteiger partial charge in [0.05, 0.1) is 11.3 Å². The van der Waals surface area contributed by atoms with Crippen molar-refractivity contribution < 1.29 is 19.2 Å². The Morgan fingerprint density at radius 1 is 1.20 bits per heavy atom. The highest BCUT2D eigenvalue weighted by Gasteiger charge is 2.13. The molecule has 0 saturated heterocycles. The van der Waals surface area contributed by atoms with E-state index in [2.05, 4.69) is 21.2 Å². The van der Waals surface area contributed by atoms with Crippen LogP contribution in [0.25, 0.3) is 0 Å². The zero-order valence-electron chi connectivity index (χ0n) is 13.3. The monoisotopic (exact) mass is 406 g/mol. The molecular formula is C17H15BrN2O5. The summed E-state index contributed by atoms with van der Waals surface area (Å²) in [5.74, 6) is -0.594. The highest BCUT2D eigenvalue weighted by atomic mass is 79.9. The molecule has 0 atom stereocenters. The van der Waals surface area contributed by atoms with E-state index in [4.69, 9.17) is 4.74 Å². The van der Waals surface area contributed by atoms with Gasteiger partial charge in [0.1, 0.15) is 5.75 Å². The molecule has 1 N–H and O–H groups in total. The fraction of sp³-hybridized carbons (Fsp3) is 0.176. The van der Waals surface area contributed by atoms with Crippen molar-refractivity contribution in [1.82, 2.24) is 5.32 Å². The SMILES string of the molecule is Cc1cc(OC(=O)CCNC(=O)c2ccc(Br)cc2)ccc1[N+](=O)[O-]. The zero-order chi connectivity index (χ0) is 18.4. The summed E-state index contributed by atoms with van der Waals surface area (Å²) in [6.07, 6.45) is -0.0156. The summed E-state index contributed by atoms with van der Waals surface area (Å²) in [7, 11) is 0. The van der Waals surface area contributed by atoms with Crippen molar-refractivity contribution in [2.24, 2.45) is 0 Å². The first-order valence-electron chi connectivity index (χ1n) is 7.36. The summed E-state index contributed by atoms with van der Waals surface area (Å²) in [5, 5.41) is 13.4. The van der Waals surface area contributed by atoms with E-state index in [1.54, 1.807) is 31.2 Å². The smallest absolute Gasteiger partial charge is 0.312 e. The summed E-state index contributed by atoms with van der Waals surface area (Å²) < 4.78 is 5.98. The Bertz CT molecular complexity index is 805. The van der Waals surface area contributed by atoms with E-state index in [1.807, 2.05) is 0 Å². The summed E-state index contributed by atoms with van der Waals surface area (Å²) in [5.41, 5.74) is 0.850. The maximum absolute atomic E-state index is 11.9. The lowest BCUT2D eigenvalue weighted by atomic mass is 10.2. The molecule has 0 unspecified atom stereocenters. The van der Waals surface area contributed by atoms with Crippen molar-refractivity contribution in [1.29, 1.82) is 0 Å². The van der Waals surface area contributed by atoms with Gasteiger partial charge in [0.2, 0.25) is 0 Å². The average molecular weight is 407 g/mol. The fourth-order valence-corrected chi connectivity index (χ4v) is 2.32. The van der Waals surface area contributed by atoms with Gasteiger partial charge < -0.3 is 10.1 Å². The molecule has 0 bridgehead atoms. The second-order valence-electron chi connectivity index (χ2n) is 5.19. The lowest BCUT2D eigenvalue weighted by molar-refractivity contribution is -0.385. The number of benzene rings is 2. The predicted octanol–water partition coefficient (Wildman–Crippen LogP) is 3.39. The molecule has 2 rings (SSSR count). The summed E-state index contributed by atoms with van der Waals surface area (Å²) >= 11 is 3.28. The molecule has 0 fully saturated rings. The van der Waals surface area contributed by atoms with Crippen LogP contribution in [0.3, 0.4) is 0 Å². The molecule has 0 saturated carbocycles. The Labute approximate surface area is 152 Å². The number of carbonyl (C=O) groups excluding carboxylic acids is 2. The molecule has 0 radical (unpaired) electrons. The van der Waals surface area contributed by atoms with Crippen molar-refractivity contribution >= 4 is 33.5 Å². The highest BCUT2D eigenvalue weighted by molar-refractivity contribution is 9.10. The van der Waals surface area contributed by atoms with Crippen molar-refractivity contribution in [3.8, 4) is 5.75 Å². The first-order chi connectivity index (χ1) is 11.9. The maximum atomic E-state index is 11.9. The molecule has 0 aliphatic carbocycles. The number of hydrogen-bond donors (Lipinski definition) is 1. The number of nitrogens with one attached hydrogen (secondary N) is 1. The first kappa shape index (κ1) is 18.6. The molecule has 0 aromatic heterocycles. The van der Waals surface area contributed by atoms with Gasteiger partial charge in [-0.05, 0) is 43.3 Å². The number of rotatable bonds is 6. The summed E-state index contributed by atoms with van der Waals surface area (Å²) in [4.78, 5) is 33.9. The largest absolute Gasteiger partial charge is 0.426 e. The van der Waals surface area contributed by atoms with E-state index < -0.39 is 10.9 Å².